The van der Waals surface area contributed by atoms with Crippen molar-refractivity contribution in [3.05, 3.63) is 41.4 Å². The molecule has 9 nitrogen and oxygen atoms in total. The largest absolute Gasteiger partial charge is 0.363 e. The lowest BCUT2D eigenvalue weighted by molar-refractivity contribution is -0.116. The van der Waals surface area contributed by atoms with Gasteiger partial charge in [-0.1, -0.05) is 11.7 Å². The van der Waals surface area contributed by atoms with Crippen molar-refractivity contribution < 1.29 is 14.1 Å². The van der Waals surface area contributed by atoms with E-state index in [0.717, 1.165) is 17.0 Å². The quantitative estimate of drug-likeness (QED) is 0.841. The summed E-state index contributed by atoms with van der Waals surface area (Å²) in [6, 6.07) is 1.57. The van der Waals surface area contributed by atoms with E-state index < -0.39 is 5.91 Å². The number of hydrogen-bond donors (Lipinski definition) is 1. The second-order valence-electron chi connectivity index (χ2n) is 5.89. The van der Waals surface area contributed by atoms with Gasteiger partial charge in [0.15, 0.2) is 5.82 Å². The summed E-state index contributed by atoms with van der Waals surface area (Å²) in [6.45, 7) is 9.06. The zero-order valence-electron chi connectivity index (χ0n) is 14.7. The zero-order chi connectivity index (χ0) is 18.8. The second-order valence-corrected chi connectivity index (χ2v) is 5.89. The van der Waals surface area contributed by atoms with Gasteiger partial charge in [-0.2, -0.15) is 10.1 Å². The highest BCUT2D eigenvalue weighted by Crippen LogP contribution is 2.18. The third-order valence-electron chi connectivity index (χ3n) is 4.10. The van der Waals surface area contributed by atoms with E-state index in [-0.39, 0.29) is 23.9 Å². The number of nitrogens with zero attached hydrogens (tertiary/aromatic N) is 5. The van der Waals surface area contributed by atoms with Gasteiger partial charge in [0.2, 0.25) is 5.91 Å². The van der Waals surface area contributed by atoms with Crippen LogP contribution in [0.3, 0.4) is 0 Å². The van der Waals surface area contributed by atoms with Crippen LogP contribution in [0.5, 0.6) is 0 Å². The molecule has 0 aliphatic carbocycles. The summed E-state index contributed by atoms with van der Waals surface area (Å²) < 4.78 is 6.20. The van der Waals surface area contributed by atoms with Crippen LogP contribution in [0.25, 0.3) is 0 Å². The highest BCUT2D eigenvalue weighted by molar-refractivity contribution is 6.27. The number of nitrogens with one attached hydrogen (secondary N) is 1. The van der Waals surface area contributed by atoms with Gasteiger partial charge in [-0.15, -0.1) is 0 Å². The van der Waals surface area contributed by atoms with Gasteiger partial charge in [0.1, 0.15) is 6.26 Å². The summed E-state index contributed by atoms with van der Waals surface area (Å²) in [5.41, 5.74) is 3.24. The van der Waals surface area contributed by atoms with Gasteiger partial charge in [0.25, 0.3) is 11.9 Å². The van der Waals surface area contributed by atoms with E-state index in [1.165, 1.54) is 10.9 Å². The Morgan fingerprint density at radius 3 is 2.73 bits per heavy atom. The fourth-order valence-corrected chi connectivity index (χ4v) is 2.60. The van der Waals surface area contributed by atoms with Crippen LogP contribution >= 0.6 is 0 Å². The molecule has 2 aromatic rings. The first kappa shape index (κ1) is 17.5. The first-order valence-electron chi connectivity index (χ1n) is 8.00. The van der Waals surface area contributed by atoms with Crippen molar-refractivity contribution in [3.63, 3.8) is 0 Å². The van der Waals surface area contributed by atoms with Crippen molar-refractivity contribution in [2.45, 2.75) is 33.6 Å². The number of aliphatic imine (C=N–C) groups is 2. The van der Waals surface area contributed by atoms with E-state index in [4.69, 9.17) is 0 Å². The molecule has 0 atom stereocenters. The number of carbonyl (C=O) groups is 2. The summed E-state index contributed by atoms with van der Waals surface area (Å²) >= 11 is 0. The molecule has 0 aromatic carbocycles. The Morgan fingerprint density at radius 2 is 2.08 bits per heavy atom. The van der Waals surface area contributed by atoms with Gasteiger partial charge in [-0.3, -0.25) is 9.59 Å². The summed E-state index contributed by atoms with van der Waals surface area (Å²) in [7, 11) is 0. The number of rotatable bonds is 4. The van der Waals surface area contributed by atoms with Crippen LogP contribution in [0, 0.1) is 13.8 Å². The minimum Gasteiger partial charge on any atom is -0.363 e. The van der Waals surface area contributed by atoms with Crippen molar-refractivity contribution >= 4 is 29.3 Å². The number of aryl methyl sites for hydroxylation is 1. The van der Waals surface area contributed by atoms with Gasteiger partial charge >= 0.3 is 0 Å². The maximum Gasteiger partial charge on any atom is 0.281 e. The van der Waals surface area contributed by atoms with Gasteiger partial charge in [0, 0.05) is 18.2 Å². The van der Waals surface area contributed by atoms with Crippen molar-refractivity contribution in [3.8, 4) is 0 Å². The first-order chi connectivity index (χ1) is 12.4. The maximum atomic E-state index is 12.0. The highest BCUT2D eigenvalue weighted by Gasteiger charge is 2.22. The fraction of sp³-hybridized carbons (Fsp3) is 0.294. The lowest BCUT2D eigenvalue weighted by Crippen LogP contribution is -2.23. The highest BCUT2D eigenvalue weighted by atomic mass is 16.5. The van der Waals surface area contributed by atoms with Crippen LogP contribution in [0.4, 0.5) is 5.82 Å². The van der Waals surface area contributed by atoms with Crippen molar-refractivity contribution in [2.75, 3.05) is 5.32 Å². The molecule has 3 rings (SSSR count). The summed E-state index contributed by atoms with van der Waals surface area (Å²) in [5, 5.41) is 10.7. The van der Waals surface area contributed by atoms with Crippen LogP contribution < -0.4 is 5.32 Å². The van der Waals surface area contributed by atoms with E-state index in [2.05, 4.69) is 36.7 Å². The molecule has 0 fully saturated rings. The van der Waals surface area contributed by atoms with Crippen molar-refractivity contribution in [1.29, 1.82) is 0 Å². The standard InChI is InChI=1S/C17H18N6O3/c1-9-10(2)18-17(20-16(9)25)23-12(4)13(11(3)21-23)5-6-15(24)19-14-7-8-26-22-14/h7-8H,1,5-6H2,2-4H3,(H,19,22,24). The molecule has 1 aliphatic heterocycles. The number of aromatic nitrogens is 3. The Balaban J connectivity index is 1.76. The molecule has 1 N–H and O–H groups in total. The van der Waals surface area contributed by atoms with E-state index in [9.17, 15) is 9.59 Å². The smallest absolute Gasteiger partial charge is 0.281 e. The number of amides is 2. The lowest BCUT2D eigenvalue weighted by atomic mass is 10.1. The molecule has 3 heterocycles. The lowest BCUT2D eigenvalue weighted by Gasteiger charge is -2.11. The van der Waals surface area contributed by atoms with E-state index in [0.29, 0.717) is 18.0 Å². The molecule has 0 saturated heterocycles. The summed E-state index contributed by atoms with van der Waals surface area (Å²) in [4.78, 5) is 32.1. The van der Waals surface area contributed by atoms with Crippen molar-refractivity contribution in [2.24, 2.45) is 9.98 Å². The average Bonchev–Trinajstić information content (AvgIpc) is 3.19. The van der Waals surface area contributed by atoms with Gasteiger partial charge in [0.05, 0.1) is 17.0 Å². The third-order valence-corrected chi connectivity index (χ3v) is 4.10. The maximum absolute atomic E-state index is 12.0. The number of hydrogen-bond acceptors (Lipinski definition) is 6. The van der Waals surface area contributed by atoms with Crippen molar-refractivity contribution in [1.82, 2.24) is 14.9 Å². The zero-order valence-corrected chi connectivity index (χ0v) is 14.7. The number of carbonyl (C=O) groups excluding carboxylic acids is 2. The van der Waals surface area contributed by atoms with E-state index in [1.54, 1.807) is 13.0 Å². The molecular formula is C17H18N6O3. The topological polar surface area (TPSA) is 115 Å². The molecule has 1 aliphatic rings. The summed E-state index contributed by atoms with van der Waals surface area (Å²) in [6.07, 6.45) is 2.13. The Labute approximate surface area is 149 Å². The second kappa shape index (κ2) is 6.87. The normalized spacial score (nSPS) is 14.3. The molecule has 0 saturated carbocycles. The number of anilines is 1. The van der Waals surface area contributed by atoms with Crippen LogP contribution in [0.2, 0.25) is 0 Å². The van der Waals surface area contributed by atoms with Crippen LogP contribution in [-0.4, -0.2) is 38.4 Å². The molecule has 26 heavy (non-hydrogen) atoms. The van der Waals surface area contributed by atoms with Crippen LogP contribution in [0.15, 0.2) is 39.0 Å². The SMILES string of the molecule is C=C1C(=O)N=C(n2nc(C)c(CCC(=O)Nc3ccon3)c2C)N=C1C. The Kier molecular flexibility index (Phi) is 4.61. The molecule has 9 heteroatoms. The average molecular weight is 354 g/mol. The molecule has 0 unspecified atom stereocenters. The molecule has 0 spiro atoms. The van der Waals surface area contributed by atoms with Gasteiger partial charge in [-0.05, 0) is 32.8 Å². The van der Waals surface area contributed by atoms with E-state index in [1.807, 2.05) is 13.8 Å². The van der Waals surface area contributed by atoms with E-state index >= 15 is 0 Å². The Hall–Kier alpha value is -3.36. The predicted octanol–water partition coefficient (Wildman–Crippen LogP) is 1.82. The molecular weight excluding hydrogens is 336 g/mol. The molecule has 134 valence electrons. The van der Waals surface area contributed by atoms with Crippen LogP contribution in [-0.2, 0) is 16.0 Å². The molecule has 2 aromatic heterocycles. The first-order valence-corrected chi connectivity index (χ1v) is 8.00. The molecule has 0 bridgehead atoms. The third kappa shape index (κ3) is 3.37. The molecule has 2 amide bonds. The monoisotopic (exact) mass is 354 g/mol. The van der Waals surface area contributed by atoms with Gasteiger partial charge in [-0.25, -0.2) is 9.67 Å². The fourth-order valence-electron chi connectivity index (χ4n) is 2.60. The van der Waals surface area contributed by atoms with Crippen LogP contribution in [0.1, 0.15) is 30.3 Å². The minimum atomic E-state index is -0.423. The Morgan fingerprint density at radius 1 is 1.31 bits per heavy atom. The Bertz CT molecular complexity index is 950. The minimum absolute atomic E-state index is 0.180. The summed E-state index contributed by atoms with van der Waals surface area (Å²) in [5.74, 6) is -0.0209. The van der Waals surface area contributed by atoms with Gasteiger partial charge < -0.3 is 9.84 Å². The molecule has 0 radical (unpaired) electrons. The predicted molar refractivity (Wildman–Crippen MR) is 95.2 cm³/mol.